The molecule has 2 spiro atoms. The molecule has 1 aromatic heterocycles. The van der Waals surface area contributed by atoms with Gasteiger partial charge in [0, 0.05) is 22.1 Å². The van der Waals surface area contributed by atoms with E-state index >= 15 is 0 Å². The Morgan fingerprint density at radius 3 is 0.955 bits per heavy atom. The molecule has 0 aliphatic heterocycles. The number of rotatable bonds is 6. The van der Waals surface area contributed by atoms with Crippen molar-refractivity contribution >= 4 is 10.9 Å². The van der Waals surface area contributed by atoms with Crippen molar-refractivity contribution in [2.24, 2.45) is 0 Å². The van der Waals surface area contributed by atoms with Crippen LogP contribution in [0.3, 0.4) is 0 Å². The van der Waals surface area contributed by atoms with E-state index in [2.05, 4.69) is 255 Å². The van der Waals surface area contributed by atoms with Crippen LogP contribution < -0.4 is 0 Å². The number of hydrogen-bond acceptors (Lipinski definition) is 4. The quantitative estimate of drug-likeness (QED) is 0.166. The number of aromatic nitrogens is 2. The topological polar surface area (TPSA) is 73.4 Å². The maximum atomic E-state index is 9.64. The molecule has 4 aliphatic carbocycles. The number of hydrogen-bond donors (Lipinski definition) is 0. The molecule has 4 nitrogen and oxygen atoms in total. The van der Waals surface area contributed by atoms with Crippen LogP contribution in [0.15, 0.2) is 291 Å². The Hall–Kier alpha value is -11.8. The van der Waals surface area contributed by atoms with Crippen LogP contribution in [-0.2, 0) is 10.8 Å². The van der Waals surface area contributed by atoms with Crippen LogP contribution in [-0.4, -0.2) is 9.97 Å². The maximum absolute atomic E-state index is 9.64. The van der Waals surface area contributed by atoms with Gasteiger partial charge in [-0.25, -0.2) is 9.97 Å². The van der Waals surface area contributed by atoms with Crippen LogP contribution in [0.2, 0.25) is 0 Å². The fourth-order valence-electron chi connectivity index (χ4n) is 15.6. The Balaban J connectivity index is 0.909. The van der Waals surface area contributed by atoms with Crippen LogP contribution in [0.4, 0.5) is 0 Å². The van der Waals surface area contributed by atoms with E-state index in [0.717, 1.165) is 72.2 Å². The predicted molar refractivity (Wildman–Crippen MR) is 354 cm³/mol. The molecular weight excluding hydrogens is 1060 g/mol. The predicted octanol–water partition coefficient (Wildman–Crippen LogP) is 20.1. The van der Waals surface area contributed by atoms with Gasteiger partial charge in [0.1, 0.15) is 0 Å². The molecular formula is C84H48N4. The first kappa shape index (κ1) is 49.6. The Morgan fingerprint density at radius 1 is 0.239 bits per heavy atom. The number of benzene rings is 13. The summed E-state index contributed by atoms with van der Waals surface area (Å²) in [5.74, 6) is 0.610. The van der Waals surface area contributed by atoms with Gasteiger partial charge in [-0.05, 0) is 176 Å². The van der Waals surface area contributed by atoms with Crippen LogP contribution >= 0.6 is 0 Å². The smallest absolute Gasteiger partial charge is 0.160 e. The molecule has 0 amide bonds. The van der Waals surface area contributed by atoms with Crippen molar-refractivity contribution in [2.45, 2.75) is 10.8 Å². The van der Waals surface area contributed by atoms with Gasteiger partial charge in [-0.15, -0.1) is 0 Å². The van der Waals surface area contributed by atoms with E-state index < -0.39 is 10.8 Å². The zero-order chi connectivity index (χ0) is 58.2. The van der Waals surface area contributed by atoms with Crippen LogP contribution in [0.1, 0.15) is 55.6 Å². The average molecular weight is 1110 g/mol. The van der Waals surface area contributed by atoms with Gasteiger partial charge in [0.15, 0.2) is 5.82 Å². The molecule has 0 radical (unpaired) electrons. The van der Waals surface area contributed by atoms with Crippen LogP contribution in [0, 0.1) is 22.7 Å². The molecule has 0 fully saturated rings. The summed E-state index contributed by atoms with van der Waals surface area (Å²) in [5, 5.41) is 20.2. The van der Waals surface area contributed by atoms with Crippen molar-refractivity contribution < 1.29 is 0 Å². The average Bonchev–Trinajstić information content (AvgIpc) is 1.55. The lowest BCUT2D eigenvalue weighted by Gasteiger charge is -2.31. The summed E-state index contributed by atoms with van der Waals surface area (Å²) in [6.07, 6.45) is 0. The van der Waals surface area contributed by atoms with E-state index in [9.17, 15) is 10.5 Å². The standard InChI is InChI=1S/C84H48N4/c85-49-51-25-29-53(30-26-51)55-33-37-57(38-34-55)80-71-46-61(59-41-43-68-66-17-5-11-23-76(66)83(78(68)47-59)72-19-7-1-13-62(72)63-14-2-8-20-73(63)83)45-70(81(71)88-82(87-80)58-39-35-56(36-40-58)54-31-27-52(50-86)28-32-54)60-42-44-69-67-18-6-12-24-77(67)84(79(69)48-60)74-21-9-3-15-64(74)65-16-4-10-22-75(65)84/h1-48H. The zero-order valence-electron chi connectivity index (χ0n) is 47.5. The molecule has 4 heteroatoms. The second-order valence-corrected chi connectivity index (χ2v) is 23.6. The fourth-order valence-corrected chi connectivity index (χ4v) is 15.6. The van der Waals surface area contributed by atoms with E-state index in [4.69, 9.17) is 9.97 Å². The Labute approximate surface area is 509 Å². The van der Waals surface area contributed by atoms with E-state index in [1.165, 1.54) is 89.0 Å². The minimum absolute atomic E-state index is 0.526. The van der Waals surface area contributed by atoms with Crippen LogP contribution in [0.5, 0.6) is 0 Å². The lowest BCUT2D eigenvalue weighted by atomic mass is 9.70. The first-order chi connectivity index (χ1) is 43.5. The first-order valence-electron chi connectivity index (χ1n) is 30.0. The molecule has 0 unspecified atom stereocenters. The molecule has 0 bridgehead atoms. The molecule has 13 aromatic carbocycles. The van der Waals surface area contributed by atoms with Crippen molar-refractivity contribution in [3.63, 3.8) is 0 Å². The third-order valence-electron chi connectivity index (χ3n) is 19.4. The molecule has 0 atom stereocenters. The summed E-state index contributed by atoms with van der Waals surface area (Å²) in [4.78, 5) is 11.4. The van der Waals surface area contributed by atoms with Gasteiger partial charge in [0.25, 0.3) is 0 Å². The summed E-state index contributed by atoms with van der Waals surface area (Å²) in [7, 11) is 0. The minimum atomic E-state index is -0.557. The third-order valence-corrected chi connectivity index (χ3v) is 19.4. The van der Waals surface area contributed by atoms with Gasteiger partial charge in [0.05, 0.1) is 45.3 Å². The van der Waals surface area contributed by atoms with Gasteiger partial charge in [-0.3, -0.25) is 0 Å². The largest absolute Gasteiger partial charge is 0.227 e. The number of nitrogens with zero attached hydrogens (tertiary/aromatic N) is 4. The van der Waals surface area contributed by atoms with E-state index in [1.54, 1.807) is 0 Å². The zero-order valence-corrected chi connectivity index (χ0v) is 47.5. The molecule has 404 valence electrons. The summed E-state index contributed by atoms with van der Waals surface area (Å²) >= 11 is 0. The number of nitriles is 2. The maximum Gasteiger partial charge on any atom is 0.160 e. The second kappa shape index (κ2) is 18.8. The Bertz CT molecular complexity index is 5260. The van der Waals surface area contributed by atoms with Crippen molar-refractivity contribution in [3.05, 3.63) is 347 Å². The molecule has 88 heavy (non-hydrogen) atoms. The summed E-state index contributed by atoms with van der Waals surface area (Å²) < 4.78 is 0. The Kier molecular flexibility index (Phi) is 10.6. The lowest BCUT2D eigenvalue weighted by Crippen LogP contribution is -2.25. The SMILES string of the molecule is N#Cc1ccc(-c2ccc(-c3nc(-c4ccc(-c5ccc(C#N)cc5)cc4)c4cc(-c5ccc6c(c5)C5(c7ccccc7-c7ccccc75)c5ccccc5-6)cc(-c5ccc6c(c5)C5(c7ccccc7-c7ccccc75)c5ccccc5-6)c4n3)cc2)cc1. The fraction of sp³-hybridized carbons (Fsp3) is 0.0238. The van der Waals surface area contributed by atoms with E-state index in [-0.39, 0.29) is 0 Å². The normalized spacial score (nSPS) is 13.4. The van der Waals surface area contributed by atoms with E-state index in [1.807, 2.05) is 48.5 Å². The second-order valence-electron chi connectivity index (χ2n) is 23.6. The molecule has 14 aromatic rings. The van der Waals surface area contributed by atoms with Gasteiger partial charge >= 0.3 is 0 Å². The number of fused-ring (bicyclic) bond motifs is 21. The van der Waals surface area contributed by atoms with Crippen molar-refractivity contribution in [2.75, 3.05) is 0 Å². The van der Waals surface area contributed by atoms with Gasteiger partial charge < -0.3 is 0 Å². The monoisotopic (exact) mass is 1110 g/mol. The highest BCUT2D eigenvalue weighted by Gasteiger charge is 2.53. The highest BCUT2D eigenvalue weighted by atomic mass is 14.9. The molecule has 1 heterocycles. The van der Waals surface area contributed by atoms with Crippen molar-refractivity contribution in [3.8, 4) is 124 Å². The first-order valence-corrected chi connectivity index (χ1v) is 30.0. The van der Waals surface area contributed by atoms with Gasteiger partial charge in [-0.1, -0.05) is 243 Å². The molecule has 0 saturated heterocycles. The van der Waals surface area contributed by atoms with E-state index in [0.29, 0.717) is 17.0 Å². The highest BCUT2D eigenvalue weighted by molar-refractivity contribution is 6.06. The Morgan fingerprint density at radius 2 is 0.557 bits per heavy atom. The van der Waals surface area contributed by atoms with Crippen molar-refractivity contribution in [1.29, 1.82) is 10.5 Å². The molecule has 4 aliphatic rings. The lowest BCUT2D eigenvalue weighted by molar-refractivity contribution is 0.794. The van der Waals surface area contributed by atoms with Crippen molar-refractivity contribution in [1.82, 2.24) is 9.97 Å². The summed E-state index contributed by atoms with van der Waals surface area (Å²) in [5.41, 5.74) is 32.4. The summed E-state index contributed by atoms with van der Waals surface area (Å²) in [6.45, 7) is 0. The van der Waals surface area contributed by atoms with Crippen LogP contribution in [0.25, 0.3) is 123 Å². The summed E-state index contributed by atoms with van der Waals surface area (Å²) in [6, 6.07) is 110. The highest BCUT2D eigenvalue weighted by Crippen LogP contribution is 2.65. The molecule has 0 N–H and O–H groups in total. The van der Waals surface area contributed by atoms with Gasteiger partial charge in [-0.2, -0.15) is 10.5 Å². The molecule has 0 saturated carbocycles. The third kappa shape index (κ3) is 6.89. The molecule has 18 rings (SSSR count). The minimum Gasteiger partial charge on any atom is -0.227 e. The van der Waals surface area contributed by atoms with Gasteiger partial charge in [0.2, 0.25) is 0 Å².